The minimum Gasteiger partial charge on any atom is -0.339 e. The van der Waals surface area contributed by atoms with Gasteiger partial charge in [-0.05, 0) is 43.2 Å². The highest BCUT2D eigenvalue weighted by molar-refractivity contribution is 5.95. The Morgan fingerprint density at radius 1 is 1.00 bits per heavy atom. The van der Waals surface area contributed by atoms with Crippen molar-refractivity contribution in [1.29, 1.82) is 0 Å². The first-order chi connectivity index (χ1) is 13.3. The number of amides is 3. The van der Waals surface area contributed by atoms with Gasteiger partial charge in [0.25, 0.3) is 5.91 Å². The Morgan fingerprint density at radius 3 is 2.36 bits per heavy atom. The maximum absolute atomic E-state index is 12.9. The van der Waals surface area contributed by atoms with Crippen LogP contribution in [0.25, 0.3) is 0 Å². The number of aromatic nitrogens is 1. The number of hydrogen-bond donors (Lipinski definition) is 1. The van der Waals surface area contributed by atoms with Crippen LogP contribution in [0.2, 0.25) is 0 Å². The number of nitrogens with zero attached hydrogens (tertiary/aromatic N) is 3. The second kappa shape index (κ2) is 8.29. The number of benzene rings is 1. The number of hydrogen-bond acceptors (Lipinski definition) is 3. The highest BCUT2D eigenvalue weighted by atomic mass is 16.2. The number of carbonyl (C=O) groups excluding carboxylic acids is 3. The molecule has 0 bridgehead atoms. The fraction of sp³-hybridized carbons (Fsp3) is 0.381. The summed E-state index contributed by atoms with van der Waals surface area (Å²) in [6, 6.07) is 9.40. The third-order valence-electron chi connectivity index (χ3n) is 5.04. The highest BCUT2D eigenvalue weighted by Crippen LogP contribution is 2.17. The lowest BCUT2D eigenvalue weighted by Gasteiger charge is -2.34. The molecule has 0 radical (unpaired) electrons. The van der Waals surface area contributed by atoms with Crippen molar-refractivity contribution in [2.75, 3.05) is 31.5 Å². The Bertz CT molecular complexity index is 895. The van der Waals surface area contributed by atoms with Gasteiger partial charge in [-0.25, -0.2) is 0 Å². The van der Waals surface area contributed by atoms with E-state index in [-0.39, 0.29) is 24.3 Å². The number of nitrogens with one attached hydrogen (secondary N) is 1. The molecule has 1 aliphatic rings. The molecule has 1 saturated heterocycles. The molecule has 2 aromatic rings. The molecule has 0 aliphatic carbocycles. The first kappa shape index (κ1) is 19.7. The molecule has 7 heteroatoms. The average Bonchev–Trinajstić information content (AvgIpc) is 3.12. The molecule has 3 rings (SSSR count). The first-order valence-electron chi connectivity index (χ1n) is 9.42. The van der Waals surface area contributed by atoms with E-state index in [2.05, 4.69) is 5.32 Å². The van der Waals surface area contributed by atoms with Crippen LogP contribution >= 0.6 is 0 Å². The molecule has 0 spiro atoms. The minimum atomic E-state index is -0.180. The SMILES string of the molecule is CC(=O)N1CCN(C(=O)c2cccn2CC(=O)Nc2cc(C)ccc2C)CC1. The third kappa shape index (κ3) is 4.42. The third-order valence-corrected chi connectivity index (χ3v) is 5.04. The van der Waals surface area contributed by atoms with Crippen LogP contribution in [0, 0.1) is 13.8 Å². The van der Waals surface area contributed by atoms with Crippen molar-refractivity contribution in [3.63, 3.8) is 0 Å². The molecule has 0 saturated carbocycles. The molecule has 28 heavy (non-hydrogen) atoms. The Labute approximate surface area is 164 Å². The van der Waals surface area contributed by atoms with Gasteiger partial charge in [-0.3, -0.25) is 14.4 Å². The van der Waals surface area contributed by atoms with Gasteiger partial charge in [0.2, 0.25) is 11.8 Å². The Balaban J connectivity index is 1.65. The molecular weight excluding hydrogens is 356 g/mol. The predicted octanol–water partition coefficient (Wildman–Crippen LogP) is 2.05. The summed E-state index contributed by atoms with van der Waals surface area (Å²) in [5.74, 6) is -0.272. The standard InChI is InChI=1S/C21H26N4O3/c1-15-6-7-16(2)18(13-15)22-20(27)14-25-8-4-5-19(25)21(28)24-11-9-23(10-12-24)17(3)26/h4-8,13H,9-12,14H2,1-3H3,(H,22,27). The van der Waals surface area contributed by atoms with E-state index in [1.54, 1.807) is 32.7 Å². The van der Waals surface area contributed by atoms with Gasteiger partial charge in [0, 0.05) is 45.0 Å². The van der Waals surface area contributed by atoms with Crippen LogP contribution in [-0.4, -0.2) is 58.3 Å². The van der Waals surface area contributed by atoms with Crippen molar-refractivity contribution in [3.05, 3.63) is 53.3 Å². The van der Waals surface area contributed by atoms with Crippen LogP contribution in [0.3, 0.4) is 0 Å². The molecule has 0 atom stereocenters. The summed E-state index contributed by atoms with van der Waals surface area (Å²) >= 11 is 0. The molecule has 1 fully saturated rings. The van der Waals surface area contributed by atoms with Gasteiger partial charge in [-0.2, -0.15) is 0 Å². The smallest absolute Gasteiger partial charge is 0.270 e. The van der Waals surface area contributed by atoms with Crippen molar-refractivity contribution in [2.24, 2.45) is 0 Å². The molecule has 148 valence electrons. The summed E-state index contributed by atoms with van der Waals surface area (Å²) in [5, 5.41) is 2.92. The van der Waals surface area contributed by atoms with Crippen LogP contribution in [0.1, 0.15) is 28.5 Å². The fourth-order valence-corrected chi connectivity index (χ4v) is 3.35. The zero-order chi connectivity index (χ0) is 20.3. The number of piperazine rings is 1. The summed E-state index contributed by atoms with van der Waals surface area (Å²) in [5.41, 5.74) is 3.33. The van der Waals surface area contributed by atoms with Gasteiger partial charge in [0.15, 0.2) is 0 Å². The summed E-state index contributed by atoms with van der Waals surface area (Å²) in [6.45, 7) is 7.59. The summed E-state index contributed by atoms with van der Waals surface area (Å²) in [4.78, 5) is 40.3. The van der Waals surface area contributed by atoms with Crippen LogP contribution < -0.4 is 5.32 Å². The molecule has 7 nitrogen and oxygen atoms in total. The van der Waals surface area contributed by atoms with E-state index in [1.165, 1.54) is 6.92 Å². The van der Waals surface area contributed by atoms with Crippen molar-refractivity contribution >= 4 is 23.4 Å². The van der Waals surface area contributed by atoms with Gasteiger partial charge in [-0.15, -0.1) is 0 Å². The second-order valence-corrected chi connectivity index (χ2v) is 7.19. The highest BCUT2D eigenvalue weighted by Gasteiger charge is 2.25. The number of aryl methyl sites for hydroxylation is 2. The lowest BCUT2D eigenvalue weighted by atomic mass is 10.1. The van der Waals surface area contributed by atoms with E-state index in [1.807, 2.05) is 32.0 Å². The molecule has 1 aliphatic heterocycles. The van der Waals surface area contributed by atoms with E-state index in [4.69, 9.17) is 0 Å². The predicted molar refractivity (Wildman–Crippen MR) is 107 cm³/mol. The van der Waals surface area contributed by atoms with Gasteiger partial charge in [0.05, 0.1) is 0 Å². The lowest BCUT2D eigenvalue weighted by molar-refractivity contribution is -0.130. The summed E-state index contributed by atoms with van der Waals surface area (Å²) in [6.07, 6.45) is 1.74. The van der Waals surface area contributed by atoms with E-state index >= 15 is 0 Å². The maximum Gasteiger partial charge on any atom is 0.270 e. The van der Waals surface area contributed by atoms with E-state index in [0.29, 0.717) is 31.9 Å². The van der Waals surface area contributed by atoms with Gasteiger partial charge < -0.3 is 19.7 Å². The van der Waals surface area contributed by atoms with Crippen molar-refractivity contribution in [3.8, 4) is 0 Å². The normalized spacial score (nSPS) is 14.1. The molecular formula is C21H26N4O3. The molecule has 1 aromatic heterocycles. The van der Waals surface area contributed by atoms with Crippen LogP contribution in [0.5, 0.6) is 0 Å². The summed E-state index contributed by atoms with van der Waals surface area (Å²) < 4.78 is 1.67. The fourth-order valence-electron chi connectivity index (χ4n) is 3.35. The van der Waals surface area contributed by atoms with E-state index in [0.717, 1.165) is 16.8 Å². The van der Waals surface area contributed by atoms with Crippen LogP contribution in [0.15, 0.2) is 36.5 Å². The molecule has 1 aromatic carbocycles. The van der Waals surface area contributed by atoms with Gasteiger partial charge >= 0.3 is 0 Å². The van der Waals surface area contributed by atoms with Gasteiger partial charge in [-0.1, -0.05) is 12.1 Å². The number of carbonyl (C=O) groups is 3. The topological polar surface area (TPSA) is 74.7 Å². The van der Waals surface area contributed by atoms with E-state index < -0.39 is 0 Å². The molecule has 2 heterocycles. The zero-order valence-electron chi connectivity index (χ0n) is 16.6. The van der Waals surface area contributed by atoms with Crippen molar-refractivity contribution in [1.82, 2.24) is 14.4 Å². The van der Waals surface area contributed by atoms with Crippen LogP contribution in [-0.2, 0) is 16.1 Å². The first-order valence-corrected chi connectivity index (χ1v) is 9.42. The van der Waals surface area contributed by atoms with E-state index in [9.17, 15) is 14.4 Å². The molecule has 3 amide bonds. The Hall–Kier alpha value is -3.09. The minimum absolute atomic E-state index is 0.0265. The second-order valence-electron chi connectivity index (χ2n) is 7.19. The number of rotatable bonds is 4. The monoisotopic (exact) mass is 382 g/mol. The van der Waals surface area contributed by atoms with Crippen molar-refractivity contribution < 1.29 is 14.4 Å². The lowest BCUT2D eigenvalue weighted by Crippen LogP contribution is -2.50. The van der Waals surface area contributed by atoms with Crippen molar-refractivity contribution in [2.45, 2.75) is 27.3 Å². The average molecular weight is 382 g/mol. The Kier molecular flexibility index (Phi) is 5.82. The zero-order valence-corrected chi connectivity index (χ0v) is 16.6. The largest absolute Gasteiger partial charge is 0.339 e. The number of anilines is 1. The summed E-state index contributed by atoms with van der Waals surface area (Å²) in [7, 11) is 0. The van der Waals surface area contributed by atoms with Crippen LogP contribution in [0.4, 0.5) is 5.69 Å². The molecule has 1 N–H and O–H groups in total. The van der Waals surface area contributed by atoms with Gasteiger partial charge in [0.1, 0.15) is 12.2 Å². The Morgan fingerprint density at radius 2 is 1.68 bits per heavy atom. The molecule has 0 unspecified atom stereocenters. The quantitative estimate of drug-likeness (QED) is 0.879. The maximum atomic E-state index is 12.9.